The molecule has 0 aromatic rings. The average molecular weight is 336 g/mol. The van der Waals surface area contributed by atoms with Gasteiger partial charge < -0.3 is 4.84 Å². The quantitative estimate of drug-likeness (QED) is 0.587. The number of hydrogen-bond donors (Lipinski definition) is 0. The van der Waals surface area contributed by atoms with Crippen molar-refractivity contribution in [1.29, 1.82) is 0 Å². The van der Waals surface area contributed by atoms with E-state index in [2.05, 4.69) is 65.7 Å². The van der Waals surface area contributed by atoms with Crippen molar-refractivity contribution in [3.05, 3.63) is 23.3 Å². The Morgan fingerprint density at radius 3 is 2.04 bits per heavy atom. The van der Waals surface area contributed by atoms with Crippen LogP contribution in [0.3, 0.4) is 0 Å². The molecular formula is C21H37NO2. The Bertz CT molecular complexity index is 494. The van der Waals surface area contributed by atoms with E-state index in [1.807, 2.05) is 0 Å². The summed E-state index contributed by atoms with van der Waals surface area (Å²) in [7, 11) is 0. The molecule has 0 unspecified atom stereocenters. The fourth-order valence-corrected chi connectivity index (χ4v) is 4.30. The van der Waals surface area contributed by atoms with Gasteiger partial charge >= 0.3 is 5.97 Å². The monoisotopic (exact) mass is 335 g/mol. The summed E-state index contributed by atoms with van der Waals surface area (Å²) in [6, 6.07) is 0. The third kappa shape index (κ3) is 3.93. The minimum Gasteiger partial charge on any atom is -0.367 e. The highest BCUT2D eigenvalue weighted by Gasteiger charge is 2.56. The molecule has 0 spiro atoms. The van der Waals surface area contributed by atoms with E-state index in [0.29, 0.717) is 5.92 Å². The van der Waals surface area contributed by atoms with Gasteiger partial charge in [0.05, 0.1) is 11.1 Å². The Kier molecular flexibility index (Phi) is 7.27. The Labute approximate surface area is 149 Å². The van der Waals surface area contributed by atoms with Crippen LogP contribution in [0.25, 0.3) is 0 Å². The number of nitrogens with zero attached hydrogens (tertiary/aromatic N) is 1. The van der Waals surface area contributed by atoms with Gasteiger partial charge in [-0.05, 0) is 50.5 Å². The molecule has 0 aromatic carbocycles. The van der Waals surface area contributed by atoms with Gasteiger partial charge in [0.1, 0.15) is 0 Å². The maximum absolute atomic E-state index is 11.8. The van der Waals surface area contributed by atoms with Crippen LogP contribution in [0.4, 0.5) is 0 Å². The maximum Gasteiger partial charge on any atom is 0.322 e. The van der Waals surface area contributed by atoms with E-state index >= 15 is 0 Å². The highest BCUT2D eigenvalue weighted by molar-refractivity contribution is 5.66. The molecule has 3 nitrogen and oxygen atoms in total. The second kappa shape index (κ2) is 8.33. The number of hydroxylamine groups is 2. The summed E-state index contributed by atoms with van der Waals surface area (Å²) >= 11 is 0. The van der Waals surface area contributed by atoms with Crippen LogP contribution in [0.2, 0.25) is 0 Å². The highest BCUT2D eigenvalue weighted by Crippen LogP contribution is 2.52. The lowest BCUT2D eigenvalue weighted by atomic mass is 9.83. The predicted molar refractivity (Wildman–Crippen MR) is 102 cm³/mol. The molecule has 0 bridgehead atoms. The Morgan fingerprint density at radius 1 is 1.12 bits per heavy atom. The first-order valence-electron chi connectivity index (χ1n) is 9.59. The zero-order valence-electron chi connectivity index (χ0n) is 17.0. The fraction of sp³-hybridized carbons (Fsp3) is 0.762. The summed E-state index contributed by atoms with van der Waals surface area (Å²) < 4.78 is 0. The zero-order chi connectivity index (χ0) is 18.5. The molecule has 138 valence electrons. The minimum atomic E-state index is -0.219. The first-order valence-corrected chi connectivity index (χ1v) is 9.59. The van der Waals surface area contributed by atoms with Crippen molar-refractivity contribution >= 4 is 5.97 Å². The number of rotatable bonds is 7. The first kappa shape index (κ1) is 21.0. The van der Waals surface area contributed by atoms with Crippen molar-refractivity contribution in [3.63, 3.8) is 0 Å². The molecule has 0 aromatic heterocycles. The van der Waals surface area contributed by atoms with Gasteiger partial charge in [0, 0.05) is 6.92 Å². The second-order valence-corrected chi connectivity index (χ2v) is 7.55. The smallest absolute Gasteiger partial charge is 0.322 e. The summed E-state index contributed by atoms with van der Waals surface area (Å²) in [5.41, 5.74) is 2.43. The molecule has 0 atom stereocenters. The molecule has 0 amide bonds. The summed E-state index contributed by atoms with van der Waals surface area (Å²) in [4.78, 5) is 17.7. The summed E-state index contributed by atoms with van der Waals surface area (Å²) in [6.45, 7) is 16.9. The summed E-state index contributed by atoms with van der Waals surface area (Å²) in [5, 5.41) is 2.07. The van der Waals surface area contributed by atoms with E-state index in [4.69, 9.17) is 4.84 Å². The standard InChI is InChI=1S/C21H37NO2/c1-9-20(10-2)15-19(14-17(7)13-16(5)6)21(11-3,12-4)22(20)24-18(8)23/h13-14,16H,9-12,15H2,1-8H3. The van der Waals surface area contributed by atoms with Gasteiger partial charge in [-0.25, -0.2) is 0 Å². The van der Waals surface area contributed by atoms with Crippen molar-refractivity contribution in [2.75, 3.05) is 0 Å². The number of allylic oxidation sites excluding steroid dienone is 3. The van der Waals surface area contributed by atoms with E-state index in [0.717, 1.165) is 32.1 Å². The van der Waals surface area contributed by atoms with Crippen LogP contribution in [0.1, 0.15) is 87.5 Å². The zero-order valence-corrected chi connectivity index (χ0v) is 17.0. The summed E-state index contributed by atoms with van der Waals surface area (Å²) in [5.74, 6) is 0.316. The molecule has 1 aliphatic rings. The lowest BCUT2D eigenvalue weighted by Crippen LogP contribution is -2.54. The van der Waals surface area contributed by atoms with Crippen LogP contribution >= 0.6 is 0 Å². The SMILES string of the molecule is CCC1(CC)CC(=CC(C)=CC(C)C)C(CC)(CC)N1OC(C)=O. The van der Waals surface area contributed by atoms with E-state index in [9.17, 15) is 4.79 Å². The van der Waals surface area contributed by atoms with Crippen LogP contribution in [0.5, 0.6) is 0 Å². The van der Waals surface area contributed by atoms with Crippen LogP contribution < -0.4 is 0 Å². The van der Waals surface area contributed by atoms with Crippen LogP contribution in [0, 0.1) is 5.92 Å². The van der Waals surface area contributed by atoms with E-state index < -0.39 is 0 Å². The van der Waals surface area contributed by atoms with Gasteiger partial charge in [0.15, 0.2) is 0 Å². The van der Waals surface area contributed by atoms with Crippen molar-refractivity contribution in [2.24, 2.45) is 5.92 Å². The molecule has 0 saturated carbocycles. The van der Waals surface area contributed by atoms with E-state index in [1.165, 1.54) is 18.1 Å². The van der Waals surface area contributed by atoms with Crippen LogP contribution in [0.15, 0.2) is 23.3 Å². The van der Waals surface area contributed by atoms with Gasteiger partial charge in [-0.3, -0.25) is 4.79 Å². The molecule has 3 heteroatoms. The predicted octanol–water partition coefficient (Wildman–Crippen LogP) is 5.82. The number of carbonyl (C=O) groups is 1. The normalized spacial score (nSPS) is 22.4. The number of carbonyl (C=O) groups excluding carboxylic acids is 1. The van der Waals surface area contributed by atoms with Crippen molar-refractivity contribution < 1.29 is 9.63 Å². The second-order valence-electron chi connectivity index (χ2n) is 7.55. The molecular weight excluding hydrogens is 298 g/mol. The molecule has 1 saturated heterocycles. The third-order valence-electron chi connectivity index (χ3n) is 5.64. The average Bonchev–Trinajstić information content (AvgIpc) is 2.76. The molecule has 1 aliphatic heterocycles. The van der Waals surface area contributed by atoms with E-state index in [1.54, 1.807) is 0 Å². The van der Waals surface area contributed by atoms with E-state index in [-0.39, 0.29) is 17.0 Å². The molecule has 0 radical (unpaired) electrons. The maximum atomic E-state index is 11.8. The van der Waals surface area contributed by atoms with Gasteiger partial charge in [-0.2, -0.15) is 0 Å². The Morgan fingerprint density at radius 2 is 1.67 bits per heavy atom. The number of hydrogen-bond acceptors (Lipinski definition) is 3. The van der Waals surface area contributed by atoms with Crippen molar-refractivity contribution in [1.82, 2.24) is 5.06 Å². The topological polar surface area (TPSA) is 29.5 Å². The molecule has 0 N–H and O–H groups in total. The Hall–Kier alpha value is -1.09. The first-order chi connectivity index (χ1) is 11.2. The van der Waals surface area contributed by atoms with Gasteiger partial charge in [-0.1, -0.05) is 59.3 Å². The highest BCUT2D eigenvalue weighted by atomic mass is 16.7. The molecule has 1 heterocycles. The van der Waals surface area contributed by atoms with Crippen molar-refractivity contribution in [2.45, 2.75) is 98.6 Å². The summed E-state index contributed by atoms with van der Waals surface area (Å²) in [6.07, 6.45) is 9.45. The van der Waals surface area contributed by atoms with Crippen molar-refractivity contribution in [3.8, 4) is 0 Å². The lowest BCUT2D eigenvalue weighted by Gasteiger charge is -2.43. The molecule has 1 rings (SSSR count). The molecule has 1 fully saturated rings. The molecule has 0 aliphatic carbocycles. The fourth-order valence-electron chi connectivity index (χ4n) is 4.30. The van der Waals surface area contributed by atoms with Crippen LogP contribution in [-0.4, -0.2) is 22.1 Å². The van der Waals surface area contributed by atoms with Gasteiger partial charge in [-0.15, -0.1) is 5.06 Å². The largest absolute Gasteiger partial charge is 0.367 e. The van der Waals surface area contributed by atoms with Gasteiger partial charge in [0.25, 0.3) is 0 Å². The lowest BCUT2D eigenvalue weighted by molar-refractivity contribution is -0.243. The van der Waals surface area contributed by atoms with Crippen LogP contribution in [-0.2, 0) is 9.63 Å². The molecule has 24 heavy (non-hydrogen) atoms. The third-order valence-corrected chi connectivity index (χ3v) is 5.64. The Balaban J connectivity index is 3.49. The minimum absolute atomic E-state index is 0.0956. The van der Waals surface area contributed by atoms with Gasteiger partial charge in [0.2, 0.25) is 0 Å².